The lowest BCUT2D eigenvalue weighted by atomic mass is 9.76. The summed E-state index contributed by atoms with van der Waals surface area (Å²) >= 11 is 0. The molecule has 3 nitrogen and oxygen atoms in total. The molecular weight excluding hydrogens is 293 g/mol. The number of halogens is 1. The second-order valence-corrected chi connectivity index (χ2v) is 6.42. The molecule has 124 valence electrons. The number of ether oxygens (including phenoxy) is 1. The summed E-state index contributed by atoms with van der Waals surface area (Å²) in [6, 6.07) is 10.9. The van der Waals surface area contributed by atoms with Crippen LogP contribution in [0.25, 0.3) is 0 Å². The zero-order valence-corrected chi connectivity index (χ0v) is 13.5. The second kappa shape index (κ2) is 7.26. The first-order valence-corrected chi connectivity index (χ1v) is 8.35. The van der Waals surface area contributed by atoms with Crippen LogP contribution in [0.5, 0.6) is 0 Å². The number of alkyl halides is 1. The fourth-order valence-electron chi connectivity index (χ4n) is 4.36. The smallest absolute Gasteiger partial charge is 0.310 e. The van der Waals surface area contributed by atoms with E-state index in [4.69, 9.17) is 4.74 Å². The number of carbonyl (C=O) groups is 1. The van der Waals surface area contributed by atoms with Crippen molar-refractivity contribution in [2.75, 3.05) is 20.3 Å². The topological polar surface area (TPSA) is 29.5 Å². The van der Waals surface area contributed by atoms with Crippen LogP contribution >= 0.6 is 0 Å². The zero-order valence-electron chi connectivity index (χ0n) is 13.5. The third kappa shape index (κ3) is 3.18. The molecule has 23 heavy (non-hydrogen) atoms. The van der Waals surface area contributed by atoms with Gasteiger partial charge in [0, 0.05) is 24.5 Å². The Morgan fingerprint density at radius 1 is 1.30 bits per heavy atom. The third-order valence-electron chi connectivity index (χ3n) is 5.34. The van der Waals surface area contributed by atoms with E-state index in [-0.39, 0.29) is 23.8 Å². The van der Waals surface area contributed by atoms with Crippen LogP contribution in [0, 0.1) is 5.92 Å². The van der Waals surface area contributed by atoms with E-state index >= 15 is 0 Å². The summed E-state index contributed by atoms with van der Waals surface area (Å²) in [4.78, 5) is 14.9. The van der Waals surface area contributed by atoms with Gasteiger partial charge in [-0.05, 0) is 24.8 Å². The highest BCUT2D eigenvalue weighted by Crippen LogP contribution is 2.47. The molecule has 1 aromatic carbocycles. The number of allylic oxidation sites excluding steroid dienone is 1. The molecule has 4 heteroatoms. The Labute approximate surface area is 137 Å². The van der Waals surface area contributed by atoms with Crippen molar-refractivity contribution in [3.8, 4) is 0 Å². The van der Waals surface area contributed by atoms with E-state index in [0.717, 1.165) is 19.3 Å². The van der Waals surface area contributed by atoms with Gasteiger partial charge in [0.15, 0.2) is 0 Å². The van der Waals surface area contributed by atoms with Crippen LogP contribution in [-0.4, -0.2) is 43.3 Å². The Hall–Kier alpha value is -1.68. The van der Waals surface area contributed by atoms with Crippen molar-refractivity contribution in [2.24, 2.45) is 5.92 Å². The highest BCUT2D eigenvalue weighted by atomic mass is 19.1. The van der Waals surface area contributed by atoms with Crippen molar-refractivity contribution in [1.29, 1.82) is 0 Å². The van der Waals surface area contributed by atoms with Gasteiger partial charge in [0.1, 0.15) is 6.67 Å². The molecule has 2 saturated heterocycles. The van der Waals surface area contributed by atoms with Crippen LogP contribution in [-0.2, 0) is 9.53 Å². The Balaban J connectivity index is 1.87. The lowest BCUT2D eigenvalue weighted by Gasteiger charge is -2.43. The van der Waals surface area contributed by atoms with Crippen molar-refractivity contribution in [2.45, 2.75) is 37.3 Å². The average molecular weight is 317 g/mol. The van der Waals surface area contributed by atoms with Gasteiger partial charge in [0.25, 0.3) is 0 Å². The molecule has 2 fully saturated rings. The Kier molecular flexibility index (Phi) is 5.11. The number of carbonyl (C=O) groups excluding carboxylic acids is 1. The molecule has 0 amide bonds. The SMILES string of the molecule is COC(=O)C1C(c2ccccc2)CC2CCC1N2C/C=C\CF. The number of hydrogen-bond acceptors (Lipinski definition) is 3. The average Bonchev–Trinajstić information content (AvgIpc) is 2.87. The van der Waals surface area contributed by atoms with Gasteiger partial charge >= 0.3 is 5.97 Å². The zero-order chi connectivity index (χ0) is 16.2. The van der Waals surface area contributed by atoms with Crippen LogP contribution in [0.4, 0.5) is 4.39 Å². The molecule has 2 heterocycles. The predicted molar refractivity (Wildman–Crippen MR) is 87.9 cm³/mol. The van der Waals surface area contributed by atoms with E-state index in [2.05, 4.69) is 17.0 Å². The quantitative estimate of drug-likeness (QED) is 0.616. The Morgan fingerprint density at radius 3 is 2.78 bits per heavy atom. The van der Waals surface area contributed by atoms with Gasteiger partial charge in [-0.3, -0.25) is 9.69 Å². The Bertz CT molecular complexity index is 560. The molecule has 2 aliphatic rings. The summed E-state index contributed by atoms with van der Waals surface area (Å²) < 4.78 is 17.4. The number of methoxy groups -OCH3 is 1. The number of piperidine rings is 1. The van der Waals surface area contributed by atoms with Crippen molar-refractivity contribution in [1.82, 2.24) is 4.90 Å². The largest absolute Gasteiger partial charge is 0.469 e. The monoisotopic (exact) mass is 317 g/mol. The van der Waals surface area contributed by atoms with Crippen LogP contribution in [0.15, 0.2) is 42.5 Å². The van der Waals surface area contributed by atoms with Crippen LogP contribution in [0.2, 0.25) is 0 Å². The van der Waals surface area contributed by atoms with Crippen molar-refractivity contribution in [3.05, 3.63) is 48.0 Å². The van der Waals surface area contributed by atoms with Gasteiger partial charge in [-0.25, -0.2) is 4.39 Å². The number of rotatable bonds is 5. The molecule has 0 aliphatic carbocycles. The summed E-state index contributed by atoms with van der Waals surface area (Å²) in [6.45, 7) is 0.282. The van der Waals surface area contributed by atoms with E-state index in [1.54, 1.807) is 6.08 Å². The van der Waals surface area contributed by atoms with Crippen molar-refractivity contribution >= 4 is 5.97 Å². The minimum absolute atomic E-state index is 0.122. The van der Waals surface area contributed by atoms with Crippen LogP contribution < -0.4 is 0 Å². The summed E-state index contributed by atoms with van der Waals surface area (Å²) in [5.41, 5.74) is 1.22. The van der Waals surface area contributed by atoms with Gasteiger partial charge < -0.3 is 4.74 Å². The summed E-state index contributed by atoms with van der Waals surface area (Å²) in [6.07, 6.45) is 6.50. The lowest BCUT2D eigenvalue weighted by molar-refractivity contribution is -0.150. The molecule has 2 aliphatic heterocycles. The van der Waals surface area contributed by atoms with Crippen LogP contribution in [0.3, 0.4) is 0 Å². The normalized spacial score (nSPS) is 30.7. The maximum absolute atomic E-state index is 12.5. The fourth-order valence-corrected chi connectivity index (χ4v) is 4.36. The Morgan fingerprint density at radius 2 is 2.09 bits per heavy atom. The summed E-state index contributed by atoms with van der Waals surface area (Å²) in [5, 5.41) is 0. The van der Waals surface area contributed by atoms with Gasteiger partial charge in [0.05, 0.1) is 13.0 Å². The van der Waals surface area contributed by atoms with E-state index in [9.17, 15) is 9.18 Å². The first kappa shape index (κ1) is 16.2. The van der Waals surface area contributed by atoms with Gasteiger partial charge in [-0.2, -0.15) is 0 Å². The van der Waals surface area contributed by atoms with E-state index in [1.165, 1.54) is 12.7 Å². The van der Waals surface area contributed by atoms with E-state index in [0.29, 0.717) is 12.6 Å². The molecule has 1 aromatic rings. The number of fused-ring (bicyclic) bond motifs is 2. The minimum Gasteiger partial charge on any atom is -0.469 e. The molecule has 0 radical (unpaired) electrons. The number of benzene rings is 1. The first-order chi connectivity index (χ1) is 11.3. The number of nitrogens with zero attached hydrogens (tertiary/aromatic N) is 1. The predicted octanol–water partition coefficient (Wildman–Crippen LogP) is 3.32. The maximum Gasteiger partial charge on any atom is 0.310 e. The minimum atomic E-state index is -0.434. The van der Waals surface area contributed by atoms with Gasteiger partial charge in [-0.15, -0.1) is 0 Å². The fraction of sp³-hybridized carbons (Fsp3) is 0.526. The molecule has 0 N–H and O–H groups in total. The molecular formula is C19H24FNO2. The van der Waals surface area contributed by atoms with Gasteiger partial charge in [-0.1, -0.05) is 42.5 Å². The first-order valence-electron chi connectivity index (χ1n) is 8.35. The molecule has 0 saturated carbocycles. The standard InChI is InChI=1S/C19H24FNO2/c1-23-19(22)18-16(14-7-3-2-4-8-14)13-15-9-10-17(18)21(15)12-6-5-11-20/h2-8,15-18H,9-13H2,1H3/b6-5-. The van der Waals surface area contributed by atoms with Crippen molar-refractivity contribution in [3.63, 3.8) is 0 Å². The molecule has 0 aromatic heterocycles. The highest BCUT2D eigenvalue weighted by Gasteiger charge is 2.50. The van der Waals surface area contributed by atoms with Crippen LogP contribution in [0.1, 0.15) is 30.7 Å². The van der Waals surface area contributed by atoms with Crippen molar-refractivity contribution < 1.29 is 13.9 Å². The molecule has 4 atom stereocenters. The summed E-state index contributed by atoms with van der Waals surface area (Å²) in [5.74, 6) is -0.0499. The lowest BCUT2D eigenvalue weighted by Crippen LogP contribution is -2.50. The molecule has 2 bridgehead atoms. The highest BCUT2D eigenvalue weighted by molar-refractivity contribution is 5.75. The summed E-state index contributed by atoms with van der Waals surface area (Å²) in [7, 11) is 1.47. The molecule has 3 rings (SSSR count). The second-order valence-electron chi connectivity index (χ2n) is 6.42. The number of esters is 1. The molecule has 0 spiro atoms. The van der Waals surface area contributed by atoms with Gasteiger partial charge in [0.2, 0.25) is 0 Å². The third-order valence-corrected chi connectivity index (χ3v) is 5.34. The number of hydrogen-bond donors (Lipinski definition) is 0. The van der Waals surface area contributed by atoms with E-state index in [1.807, 2.05) is 24.3 Å². The molecule has 4 unspecified atom stereocenters. The maximum atomic E-state index is 12.5. The van der Waals surface area contributed by atoms with E-state index < -0.39 is 6.67 Å².